The van der Waals surface area contributed by atoms with Gasteiger partial charge >= 0.3 is 0 Å². The van der Waals surface area contributed by atoms with Crippen molar-refractivity contribution >= 4 is 11.6 Å². The van der Waals surface area contributed by atoms with Crippen molar-refractivity contribution in [3.63, 3.8) is 0 Å². The normalized spacial score (nSPS) is 20.1. The van der Waals surface area contributed by atoms with Crippen LogP contribution >= 0.6 is 0 Å². The van der Waals surface area contributed by atoms with Gasteiger partial charge in [0.25, 0.3) is 5.91 Å². The number of carbonyl (C=O) groups is 1. The third kappa shape index (κ3) is 2.37. The number of hydrogen-bond donors (Lipinski definition) is 1. The van der Waals surface area contributed by atoms with Crippen LogP contribution in [0.3, 0.4) is 0 Å². The van der Waals surface area contributed by atoms with E-state index in [2.05, 4.69) is 6.92 Å². The third-order valence-corrected chi connectivity index (χ3v) is 3.84. The molecule has 4 heteroatoms. The van der Waals surface area contributed by atoms with E-state index in [1.165, 1.54) is 6.42 Å². The smallest absolute Gasteiger partial charge is 0.270 e. The first-order valence-corrected chi connectivity index (χ1v) is 6.94. The molecule has 1 aromatic rings. The molecule has 1 amide bonds. The first-order chi connectivity index (χ1) is 8.67. The van der Waals surface area contributed by atoms with Crippen molar-refractivity contribution in [2.24, 2.45) is 0 Å². The van der Waals surface area contributed by atoms with Gasteiger partial charge in [-0.15, -0.1) is 0 Å². The first kappa shape index (κ1) is 13.0. The number of carbonyl (C=O) groups excluding carboxylic acids is 1. The van der Waals surface area contributed by atoms with E-state index in [1.54, 1.807) is 6.07 Å². The number of nitrogen functional groups attached to an aromatic ring is 1. The molecule has 0 aromatic carbocycles. The molecule has 100 valence electrons. The number of piperidine rings is 1. The van der Waals surface area contributed by atoms with E-state index in [0.29, 0.717) is 11.7 Å². The van der Waals surface area contributed by atoms with E-state index >= 15 is 0 Å². The highest BCUT2D eigenvalue weighted by atomic mass is 16.2. The summed E-state index contributed by atoms with van der Waals surface area (Å²) in [5, 5.41) is 0. The Morgan fingerprint density at radius 2 is 2.22 bits per heavy atom. The van der Waals surface area contributed by atoms with Crippen LogP contribution in [0.25, 0.3) is 0 Å². The summed E-state index contributed by atoms with van der Waals surface area (Å²) in [4.78, 5) is 14.6. The zero-order valence-electron chi connectivity index (χ0n) is 11.4. The Hall–Kier alpha value is -1.45. The fourth-order valence-electron chi connectivity index (χ4n) is 2.81. The van der Waals surface area contributed by atoms with Crippen LogP contribution in [0.2, 0.25) is 0 Å². The van der Waals surface area contributed by atoms with Crippen LogP contribution in [0.1, 0.15) is 50.0 Å². The van der Waals surface area contributed by atoms with Gasteiger partial charge in [0, 0.05) is 25.3 Å². The van der Waals surface area contributed by atoms with Crippen LogP contribution in [-0.4, -0.2) is 28.0 Å². The average molecular weight is 249 g/mol. The maximum atomic E-state index is 12.6. The summed E-state index contributed by atoms with van der Waals surface area (Å²) in [6.45, 7) is 5.85. The fourth-order valence-corrected chi connectivity index (χ4v) is 2.81. The summed E-state index contributed by atoms with van der Waals surface area (Å²) in [6.07, 6.45) is 6.36. The number of aryl methyl sites for hydroxylation is 1. The predicted octanol–water partition coefficient (Wildman–Crippen LogP) is 2.49. The SMILES string of the molecule is CCC1CCCCN1C(=O)c1cc(N)cn1CC. The second kappa shape index (κ2) is 5.46. The molecule has 0 spiro atoms. The van der Waals surface area contributed by atoms with Crippen LogP contribution in [0.4, 0.5) is 5.69 Å². The van der Waals surface area contributed by atoms with Gasteiger partial charge in [0.15, 0.2) is 0 Å². The van der Waals surface area contributed by atoms with Crippen molar-refractivity contribution in [3.8, 4) is 0 Å². The van der Waals surface area contributed by atoms with Crippen molar-refractivity contribution < 1.29 is 4.79 Å². The van der Waals surface area contributed by atoms with Gasteiger partial charge < -0.3 is 15.2 Å². The monoisotopic (exact) mass is 249 g/mol. The maximum absolute atomic E-state index is 12.6. The molecule has 1 fully saturated rings. The van der Waals surface area contributed by atoms with Crippen LogP contribution in [0.15, 0.2) is 12.3 Å². The molecule has 1 atom stereocenters. The number of rotatable bonds is 3. The molecule has 2 heterocycles. The minimum absolute atomic E-state index is 0.139. The molecule has 1 unspecified atom stereocenters. The molecule has 0 bridgehead atoms. The number of likely N-dealkylation sites (tertiary alicyclic amines) is 1. The summed E-state index contributed by atoms with van der Waals surface area (Å²) in [5.41, 5.74) is 7.20. The van der Waals surface area contributed by atoms with E-state index in [0.717, 1.165) is 38.0 Å². The predicted molar refractivity (Wildman–Crippen MR) is 73.5 cm³/mol. The average Bonchev–Trinajstić information content (AvgIpc) is 2.79. The van der Waals surface area contributed by atoms with Gasteiger partial charge in [-0.2, -0.15) is 0 Å². The number of nitrogens with two attached hydrogens (primary N) is 1. The molecular formula is C14H23N3O. The minimum atomic E-state index is 0.139. The summed E-state index contributed by atoms with van der Waals surface area (Å²) < 4.78 is 1.94. The Balaban J connectivity index is 2.23. The number of aromatic nitrogens is 1. The summed E-state index contributed by atoms with van der Waals surface area (Å²) >= 11 is 0. The van der Waals surface area contributed by atoms with Gasteiger partial charge in [-0.05, 0) is 38.7 Å². The third-order valence-electron chi connectivity index (χ3n) is 3.84. The molecule has 4 nitrogen and oxygen atoms in total. The highest BCUT2D eigenvalue weighted by Gasteiger charge is 2.27. The van der Waals surface area contributed by atoms with Gasteiger partial charge in [-0.1, -0.05) is 6.92 Å². The number of nitrogens with zero attached hydrogens (tertiary/aromatic N) is 2. The topological polar surface area (TPSA) is 51.3 Å². The quantitative estimate of drug-likeness (QED) is 0.894. The fraction of sp³-hybridized carbons (Fsp3) is 0.643. The molecular weight excluding hydrogens is 226 g/mol. The summed E-state index contributed by atoms with van der Waals surface area (Å²) in [5.74, 6) is 0.139. The molecule has 0 saturated carbocycles. The second-order valence-corrected chi connectivity index (χ2v) is 5.00. The lowest BCUT2D eigenvalue weighted by Crippen LogP contribution is -2.44. The van der Waals surface area contributed by atoms with E-state index in [9.17, 15) is 4.79 Å². The number of amides is 1. The van der Waals surface area contributed by atoms with E-state index in [1.807, 2.05) is 22.6 Å². The summed E-state index contributed by atoms with van der Waals surface area (Å²) in [6, 6.07) is 2.19. The Kier molecular flexibility index (Phi) is 3.94. The largest absolute Gasteiger partial charge is 0.397 e. The molecule has 1 aliphatic rings. The molecule has 0 aliphatic carbocycles. The number of anilines is 1. The van der Waals surface area contributed by atoms with Gasteiger partial charge in [0.2, 0.25) is 0 Å². The second-order valence-electron chi connectivity index (χ2n) is 5.00. The van der Waals surface area contributed by atoms with Crippen LogP contribution < -0.4 is 5.73 Å². The molecule has 1 aliphatic heterocycles. The first-order valence-electron chi connectivity index (χ1n) is 6.94. The maximum Gasteiger partial charge on any atom is 0.270 e. The molecule has 2 N–H and O–H groups in total. The lowest BCUT2D eigenvalue weighted by molar-refractivity contribution is 0.0597. The molecule has 1 saturated heterocycles. The Labute approximate surface area is 109 Å². The molecule has 0 radical (unpaired) electrons. The Morgan fingerprint density at radius 3 is 2.89 bits per heavy atom. The van der Waals surface area contributed by atoms with E-state index < -0.39 is 0 Å². The van der Waals surface area contributed by atoms with Crippen molar-refractivity contribution in [2.45, 2.75) is 52.1 Å². The molecule has 1 aromatic heterocycles. The van der Waals surface area contributed by atoms with Crippen molar-refractivity contribution in [3.05, 3.63) is 18.0 Å². The van der Waals surface area contributed by atoms with Gasteiger partial charge in [-0.25, -0.2) is 0 Å². The Bertz CT molecular complexity index is 425. The van der Waals surface area contributed by atoms with Crippen LogP contribution in [-0.2, 0) is 6.54 Å². The van der Waals surface area contributed by atoms with E-state index in [4.69, 9.17) is 5.73 Å². The molecule has 18 heavy (non-hydrogen) atoms. The lowest BCUT2D eigenvalue weighted by Gasteiger charge is -2.35. The lowest BCUT2D eigenvalue weighted by atomic mass is 9.99. The van der Waals surface area contributed by atoms with Crippen molar-refractivity contribution in [1.82, 2.24) is 9.47 Å². The summed E-state index contributed by atoms with van der Waals surface area (Å²) in [7, 11) is 0. The minimum Gasteiger partial charge on any atom is -0.397 e. The van der Waals surface area contributed by atoms with Gasteiger partial charge in [-0.3, -0.25) is 4.79 Å². The zero-order valence-corrected chi connectivity index (χ0v) is 11.4. The number of hydrogen-bond acceptors (Lipinski definition) is 2. The Morgan fingerprint density at radius 1 is 1.44 bits per heavy atom. The standard InChI is InChI=1S/C14H23N3O/c1-3-12-7-5-6-8-17(12)14(18)13-9-11(15)10-16(13)4-2/h9-10,12H,3-8,15H2,1-2H3. The van der Waals surface area contributed by atoms with Crippen molar-refractivity contribution in [2.75, 3.05) is 12.3 Å². The zero-order chi connectivity index (χ0) is 13.1. The van der Waals surface area contributed by atoms with Crippen LogP contribution in [0, 0.1) is 0 Å². The highest BCUT2D eigenvalue weighted by molar-refractivity contribution is 5.94. The van der Waals surface area contributed by atoms with Crippen LogP contribution in [0.5, 0.6) is 0 Å². The highest BCUT2D eigenvalue weighted by Crippen LogP contribution is 2.23. The van der Waals surface area contributed by atoms with E-state index in [-0.39, 0.29) is 5.91 Å². The molecule has 2 rings (SSSR count). The van der Waals surface area contributed by atoms with Gasteiger partial charge in [0.05, 0.1) is 5.69 Å². The van der Waals surface area contributed by atoms with Crippen molar-refractivity contribution in [1.29, 1.82) is 0 Å². The van der Waals surface area contributed by atoms with Gasteiger partial charge in [0.1, 0.15) is 5.69 Å².